The molecule has 220 valence electrons. The Morgan fingerprint density at radius 3 is 2.00 bits per heavy atom. The highest BCUT2D eigenvalue weighted by Gasteiger charge is 2.17. The van der Waals surface area contributed by atoms with Crippen LogP contribution in [0, 0.1) is 0 Å². The van der Waals surface area contributed by atoms with E-state index in [-0.39, 0.29) is 22.8 Å². The van der Waals surface area contributed by atoms with E-state index in [9.17, 15) is 14.4 Å². The molecule has 0 saturated heterocycles. The summed E-state index contributed by atoms with van der Waals surface area (Å²) in [6.45, 7) is 1.83. The van der Waals surface area contributed by atoms with Crippen LogP contribution >= 0.6 is 11.8 Å². The molecule has 0 spiro atoms. The average Bonchev–Trinajstić information content (AvgIpc) is 3.02. The fourth-order valence-electron chi connectivity index (χ4n) is 3.97. The van der Waals surface area contributed by atoms with Gasteiger partial charge in [0.2, 0.25) is 5.91 Å². The first-order valence-corrected chi connectivity index (χ1v) is 14.5. The third kappa shape index (κ3) is 8.98. The molecule has 0 aliphatic carbocycles. The van der Waals surface area contributed by atoms with Crippen LogP contribution in [0.4, 0.5) is 17.1 Å². The molecule has 0 bridgehead atoms. The van der Waals surface area contributed by atoms with E-state index in [1.54, 1.807) is 73.8 Å². The molecule has 9 heteroatoms. The van der Waals surface area contributed by atoms with Gasteiger partial charge in [0, 0.05) is 41.6 Å². The average molecular weight is 595 g/mol. The molecule has 1 unspecified atom stereocenters. The number of nitrogens with one attached hydrogen (secondary N) is 3. The van der Waals surface area contributed by atoms with Gasteiger partial charge in [-0.1, -0.05) is 30.3 Å². The zero-order valence-electron chi connectivity index (χ0n) is 24.5. The molecule has 4 aromatic rings. The van der Waals surface area contributed by atoms with Crippen molar-refractivity contribution in [3.63, 3.8) is 0 Å². The van der Waals surface area contributed by atoms with Gasteiger partial charge in [-0.15, -0.1) is 11.8 Å². The van der Waals surface area contributed by atoms with E-state index >= 15 is 0 Å². The van der Waals surface area contributed by atoms with Gasteiger partial charge in [0.05, 0.1) is 12.4 Å². The number of rotatable bonds is 11. The first-order valence-electron chi connectivity index (χ1n) is 13.6. The zero-order chi connectivity index (χ0) is 30.8. The first kappa shape index (κ1) is 30.9. The van der Waals surface area contributed by atoms with Crippen LogP contribution in [0.25, 0.3) is 6.08 Å². The van der Waals surface area contributed by atoms with Crippen molar-refractivity contribution in [2.45, 2.75) is 17.1 Å². The summed E-state index contributed by atoms with van der Waals surface area (Å²) >= 11 is 1.40. The Morgan fingerprint density at radius 2 is 1.40 bits per heavy atom. The fourth-order valence-corrected chi connectivity index (χ4v) is 4.84. The van der Waals surface area contributed by atoms with Crippen molar-refractivity contribution in [1.29, 1.82) is 0 Å². The second-order valence-corrected chi connectivity index (χ2v) is 11.2. The van der Waals surface area contributed by atoms with Gasteiger partial charge in [-0.3, -0.25) is 14.4 Å². The van der Waals surface area contributed by atoms with Crippen LogP contribution in [-0.4, -0.2) is 44.2 Å². The van der Waals surface area contributed by atoms with Crippen molar-refractivity contribution in [3.8, 4) is 5.75 Å². The summed E-state index contributed by atoms with van der Waals surface area (Å²) < 4.78 is 5.15. The third-order valence-corrected chi connectivity index (χ3v) is 7.51. The number of methoxy groups -OCH3 is 1. The summed E-state index contributed by atoms with van der Waals surface area (Å²) in [6.07, 6.45) is 1.64. The maximum Gasteiger partial charge on any atom is 0.272 e. The smallest absolute Gasteiger partial charge is 0.272 e. The number of hydrogen-bond donors (Lipinski definition) is 3. The third-order valence-electron chi connectivity index (χ3n) is 6.40. The maximum atomic E-state index is 13.4. The molecule has 0 aliphatic rings. The molecular weight excluding hydrogens is 560 g/mol. The number of hydrogen-bond acceptors (Lipinski definition) is 6. The van der Waals surface area contributed by atoms with Crippen molar-refractivity contribution >= 4 is 52.6 Å². The van der Waals surface area contributed by atoms with E-state index in [1.165, 1.54) is 11.8 Å². The highest BCUT2D eigenvalue weighted by molar-refractivity contribution is 8.00. The van der Waals surface area contributed by atoms with Crippen LogP contribution in [0.1, 0.15) is 22.8 Å². The number of ether oxygens (including phenoxy) is 1. The Balaban J connectivity index is 1.43. The summed E-state index contributed by atoms with van der Waals surface area (Å²) in [6, 6.07) is 30.7. The highest BCUT2D eigenvalue weighted by atomic mass is 32.2. The second kappa shape index (κ2) is 14.7. The van der Waals surface area contributed by atoms with Crippen molar-refractivity contribution < 1.29 is 19.1 Å². The molecule has 4 aromatic carbocycles. The van der Waals surface area contributed by atoms with Crippen LogP contribution in [0.5, 0.6) is 5.75 Å². The van der Waals surface area contributed by atoms with Crippen LogP contribution in [0.2, 0.25) is 0 Å². The molecule has 0 heterocycles. The lowest BCUT2D eigenvalue weighted by Crippen LogP contribution is -2.30. The topological polar surface area (TPSA) is 99.8 Å². The Morgan fingerprint density at radius 1 is 0.791 bits per heavy atom. The second-order valence-electron chi connectivity index (χ2n) is 9.82. The molecule has 3 N–H and O–H groups in total. The maximum absolute atomic E-state index is 13.4. The predicted molar refractivity (Wildman–Crippen MR) is 175 cm³/mol. The molecular formula is C34H34N4O4S. The summed E-state index contributed by atoms with van der Waals surface area (Å²) in [5.74, 6) is -0.267. The van der Waals surface area contributed by atoms with Gasteiger partial charge < -0.3 is 25.6 Å². The summed E-state index contributed by atoms with van der Waals surface area (Å²) in [7, 11) is 5.49. The Labute approximate surface area is 256 Å². The van der Waals surface area contributed by atoms with Crippen molar-refractivity contribution in [1.82, 2.24) is 5.32 Å². The number of carbonyl (C=O) groups excluding carboxylic acids is 3. The van der Waals surface area contributed by atoms with Crippen LogP contribution in [0.15, 0.2) is 114 Å². The molecule has 4 rings (SSSR count). The zero-order valence-corrected chi connectivity index (χ0v) is 25.3. The van der Waals surface area contributed by atoms with Gasteiger partial charge in [-0.25, -0.2) is 0 Å². The van der Waals surface area contributed by atoms with E-state index in [1.807, 2.05) is 68.4 Å². The van der Waals surface area contributed by atoms with Crippen molar-refractivity contribution in [3.05, 3.63) is 120 Å². The monoisotopic (exact) mass is 594 g/mol. The lowest BCUT2D eigenvalue weighted by molar-refractivity contribution is -0.115. The lowest BCUT2D eigenvalue weighted by Gasteiger charge is -2.14. The molecule has 0 aromatic heterocycles. The molecule has 43 heavy (non-hydrogen) atoms. The van der Waals surface area contributed by atoms with Crippen LogP contribution in [-0.2, 0) is 9.59 Å². The Kier molecular flexibility index (Phi) is 10.6. The normalized spacial score (nSPS) is 11.7. The highest BCUT2D eigenvalue weighted by Crippen LogP contribution is 2.26. The van der Waals surface area contributed by atoms with Crippen LogP contribution in [0.3, 0.4) is 0 Å². The number of nitrogens with zero attached hydrogens (tertiary/aromatic N) is 1. The standard InChI is InChI=1S/C34H34N4O4S/c1-23(32(39)35-26-12-18-29(42-4)19-13-26)43-30-20-14-27(15-21-30)36-34(41)31(37-33(40)25-8-6-5-7-9-25)22-24-10-16-28(17-11-24)38(2)3/h5-23H,1-4H3,(H,35,39)(H,36,41)(H,37,40)/b31-22-. The fraction of sp³-hybridized carbons (Fsp3) is 0.147. The van der Waals surface area contributed by atoms with Gasteiger partial charge in [0.1, 0.15) is 11.4 Å². The van der Waals surface area contributed by atoms with Crippen LogP contribution < -0.4 is 25.6 Å². The largest absolute Gasteiger partial charge is 0.497 e. The molecule has 0 saturated carbocycles. The first-order chi connectivity index (χ1) is 20.7. The molecule has 3 amide bonds. The molecule has 1 atom stereocenters. The van der Waals surface area contributed by atoms with Crippen molar-refractivity contribution in [2.24, 2.45) is 0 Å². The van der Waals surface area contributed by atoms with Gasteiger partial charge >= 0.3 is 0 Å². The lowest BCUT2D eigenvalue weighted by atomic mass is 10.1. The number of anilines is 3. The number of thioether (sulfide) groups is 1. The number of carbonyl (C=O) groups is 3. The number of benzene rings is 4. The summed E-state index contributed by atoms with van der Waals surface area (Å²) in [5, 5.41) is 8.17. The van der Waals surface area contributed by atoms with E-state index in [2.05, 4.69) is 16.0 Å². The van der Waals surface area contributed by atoms with E-state index in [0.29, 0.717) is 22.7 Å². The molecule has 0 fully saturated rings. The quantitative estimate of drug-likeness (QED) is 0.139. The molecule has 0 radical (unpaired) electrons. The van der Waals surface area contributed by atoms with Crippen molar-refractivity contribution in [2.75, 3.05) is 36.7 Å². The predicted octanol–water partition coefficient (Wildman–Crippen LogP) is 6.29. The summed E-state index contributed by atoms with van der Waals surface area (Å²) in [4.78, 5) is 41.8. The molecule has 8 nitrogen and oxygen atoms in total. The minimum Gasteiger partial charge on any atom is -0.497 e. The minimum absolute atomic E-state index is 0.105. The van der Waals surface area contributed by atoms with E-state index < -0.39 is 5.91 Å². The van der Waals surface area contributed by atoms with E-state index in [0.717, 1.165) is 16.1 Å². The van der Waals surface area contributed by atoms with Gasteiger partial charge in [0.15, 0.2) is 0 Å². The van der Waals surface area contributed by atoms with Gasteiger partial charge in [-0.05, 0) is 91.4 Å². The minimum atomic E-state index is -0.464. The molecule has 0 aliphatic heterocycles. The Hall–Kier alpha value is -5.02. The summed E-state index contributed by atoms with van der Waals surface area (Å²) in [5.41, 5.74) is 3.56. The Bertz CT molecular complexity index is 1570. The van der Waals surface area contributed by atoms with E-state index in [4.69, 9.17) is 4.74 Å². The van der Waals surface area contributed by atoms with Gasteiger partial charge in [-0.2, -0.15) is 0 Å². The SMILES string of the molecule is COc1ccc(NC(=O)C(C)Sc2ccc(NC(=O)/C(=C/c3ccc(N(C)C)cc3)NC(=O)c3ccccc3)cc2)cc1. The van der Waals surface area contributed by atoms with Gasteiger partial charge in [0.25, 0.3) is 11.8 Å². The number of amides is 3.